The molecule has 1 aliphatic heterocycles. The molecule has 0 bridgehead atoms. The van der Waals surface area contributed by atoms with E-state index in [4.69, 9.17) is 0 Å². The van der Waals surface area contributed by atoms with E-state index >= 15 is 0 Å². The summed E-state index contributed by atoms with van der Waals surface area (Å²) in [6, 6.07) is 21.7. The topological polar surface area (TPSA) is 63.2 Å². The number of rotatable bonds is 2. The third-order valence-corrected chi connectivity index (χ3v) is 5.01. The Balaban J connectivity index is 2.01. The lowest BCUT2D eigenvalue weighted by atomic mass is 9.84. The Morgan fingerprint density at radius 2 is 1.33 bits per heavy atom. The molecule has 27 heavy (non-hydrogen) atoms. The van der Waals surface area contributed by atoms with Crippen molar-refractivity contribution in [3.63, 3.8) is 0 Å². The molecule has 0 radical (unpaired) electrons. The smallest absolute Gasteiger partial charge is 0.259 e. The van der Waals surface area contributed by atoms with Crippen molar-refractivity contribution in [2.45, 2.75) is 0 Å². The molecule has 0 spiro atoms. The molecular formula is C23H13NO3. The van der Waals surface area contributed by atoms with E-state index in [1.165, 1.54) is 0 Å². The van der Waals surface area contributed by atoms with Crippen LogP contribution in [0.3, 0.4) is 0 Å². The van der Waals surface area contributed by atoms with Gasteiger partial charge in [-0.25, -0.2) is 0 Å². The van der Waals surface area contributed by atoms with E-state index in [0.717, 1.165) is 10.8 Å². The molecule has 2 amide bonds. The van der Waals surface area contributed by atoms with Gasteiger partial charge in [0.05, 0.1) is 5.56 Å². The first-order chi connectivity index (χ1) is 13.2. The third kappa shape index (κ3) is 2.13. The second kappa shape index (κ2) is 5.61. The van der Waals surface area contributed by atoms with E-state index < -0.39 is 11.8 Å². The van der Waals surface area contributed by atoms with Crippen LogP contribution in [0.25, 0.3) is 21.5 Å². The Hall–Kier alpha value is -3.79. The van der Waals surface area contributed by atoms with Crippen molar-refractivity contribution in [3.05, 3.63) is 95.1 Å². The Bertz CT molecular complexity index is 1290. The molecule has 0 aromatic heterocycles. The molecular weight excluding hydrogens is 338 g/mol. The van der Waals surface area contributed by atoms with Crippen LogP contribution in [-0.2, 0) is 0 Å². The van der Waals surface area contributed by atoms with E-state index in [9.17, 15) is 14.4 Å². The Morgan fingerprint density at radius 3 is 2.11 bits per heavy atom. The zero-order chi connectivity index (χ0) is 18.5. The van der Waals surface area contributed by atoms with Gasteiger partial charge >= 0.3 is 0 Å². The second-order valence-electron chi connectivity index (χ2n) is 6.50. The minimum absolute atomic E-state index is 0.233. The van der Waals surface area contributed by atoms with Gasteiger partial charge in [-0.3, -0.25) is 19.7 Å². The fraction of sp³-hybridized carbons (Fsp3) is 0. The molecule has 4 heteroatoms. The summed E-state index contributed by atoms with van der Waals surface area (Å²) in [6.45, 7) is 0. The zero-order valence-electron chi connectivity index (χ0n) is 14.2. The highest BCUT2D eigenvalue weighted by Crippen LogP contribution is 2.37. The summed E-state index contributed by atoms with van der Waals surface area (Å²) >= 11 is 0. The average Bonchev–Trinajstić information content (AvgIpc) is 2.71. The molecule has 0 atom stereocenters. The number of carbonyl (C=O) groups excluding carboxylic acids is 3. The molecule has 4 aromatic rings. The van der Waals surface area contributed by atoms with Crippen LogP contribution in [0.15, 0.2) is 72.8 Å². The monoisotopic (exact) mass is 351 g/mol. The predicted molar refractivity (Wildman–Crippen MR) is 103 cm³/mol. The molecule has 0 saturated heterocycles. The largest absolute Gasteiger partial charge is 0.289 e. The van der Waals surface area contributed by atoms with Crippen molar-refractivity contribution in [2.24, 2.45) is 0 Å². The maximum atomic E-state index is 13.4. The zero-order valence-corrected chi connectivity index (χ0v) is 14.2. The molecule has 0 aliphatic carbocycles. The SMILES string of the molecule is O=C(c1ccccc1)c1c2c3c(cccc3c3ccccc13)C(=O)NC2=O. The average molecular weight is 351 g/mol. The third-order valence-electron chi connectivity index (χ3n) is 5.01. The quantitative estimate of drug-likeness (QED) is 0.336. The Labute approximate surface area is 154 Å². The van der Waals surface area contributed by atoms with Crippen LogP contribution in [0.2, 0.25) is 0 Å². The maximum absolute atomic E-state index is 13.4. The molecule has 1 N–H and O–H groups in total. The second-order valence-corrected chi connectivity index (χ2v) is 6.50. The predicted octanol–water partition coefficient (Wildman–Crippen LogP) is 4.11. The summed E-state index contributed by atoms with van der Waals surface area (Å²) in [5.41, 5.74) is 1.52. The summed E-state index contributed by atoms with van der Waals surface area (Å²) in [6.07, 6.45) is 0. The van der Waals surface area contributed by atoms with E-state index in [1.807, 2.05) is 36.4 Å². The lowest BCUT2D eigenvalue weighted by Crippen LogP contribution is -2.36. The van der Waals surface area contributed by atoms with Crippen LogP contribution >= 0.6 is 0 Å². The first-order valence-electron chi connectivity index (χ1n) is 8.59. The summed E-state index contributed by atoms with van der Waals surface area (Å²) in [5.74, 6) is -1.21. The van der Waals surface area contributed by atoms with Crippen LogP contribution in [0.5, 0.6) is 0 Å². The standard InChI is InChI=1S/C23H13NO3/c25-21(13-7-2-1-3-8-13)19-16-10-5-4-9-14(16)15-11-6-12-17-18(15)20(19)23(27)24-22(17)26/h1-12H,(H,24,26,27). The van der Waals surface area contributed by atoms with Gasteiger partial charge in [0.25, 0.3) is 11.8 Å². The molecule has 0 saturated carbocycles. The van der Waals surface area contributed by atoms with Gasteiger partial charge in [0, 0.05) is 22.1 Å². The highest BCUT2D eigenvalue weighted by molar-refractivity contribution is 6.35. The maximum Gasteiger partial charge on any atom is 0.259 e. The van der Waals surface area contributed by atoms with Gasteiger partial charge in [-0.2, -0.15) is 0 Å². The lowest BCUT2D eigenvalue weighted by molar-refractivity contribution is 0.0840. The lowest BCUT2D eigenvalue weighted by Gasteiger charge is -2.21. The number of imide groups is 1. The molecule has 1 heterocycles. The number of hydrogen-bond donors (Lipinski definition) is 1. The van der Waals surface area contributed by atoms with Gasteiger partial charge in [-0.05, 0) is 22.2 Å². The van der Waals surface area contributed by atoms with Crippen LogP contribution in [0.1, 0.15) is 36.6 Å². The van der Waals surface area contributed by atoms with E-state index in [2.05, 4.69) is 5.32 Å². The number of benzene rings is 4. The number of carbonyl (C=O) groups is 3. The van der Waals surface area contributed by atoms with E-state index in [1.54, 1.807) is 36.4 Å². The number of hydrogen-bond acceptors (Lipinski definition) is 3. The van der Waals surface area contributed by atoms with Crippen molar-refractivity contribution >= 4 is 39.1 Å². The molecule has 4 nitrogen and oxygen atoms in total. The van der Waals surface area contributed by atoms with E-state index in [-0.39, 0.29) is 11.3 Å². The van der Waals surface area contributed by atoms with Crippen LogP contribution in [0.4, 0.5) is 0 Å². The highest BCUT2D eigenvalue weighted by Gasteiger charge is 2.31. The first-order valence-corrected chi connectivity index (χ1v) is 8.59. The highest BCUT2D eigenvalue weighted by atomic mass is 16.2. The molecule has 4 aromatic carbocycles. The Morgan fingerprint density at radius 1 is 0.667 bits per heavy atom. The number of nitrogens with one attached hydrogen (secondary N) is 1. The van der Waals surface area contributed by atoms with Crippen molar-refractivity contribution in [3.8, 4) is 0 Å². The summed E-state index contributed by atoms with van der Waals surface area (Å²) in [4.78, 5) is 38.5. The van der Waals surface area contributed by atoms with Crippen molar-refractivity contribution in [2.75, 3.05) is 0 Å². The minimum Gasteiger partial charge on any atom is -0.289 e. The summed E-state index contributed by atoms with van der Waals surface area (Å²) in [5, 5.41) is 5.27. The van der Waals surface area contributed by atoms with Gasteiger partial charge in [0.1, 0.15) is 0 Å². The Kier molecular flexibility index (Phi) is 3.21. The van der Waals surface area contributed by atoms with Gasteiger partial charge in [0.2, 0.25) is 0 Å². The summed E-state index contributed by atoms with van der Waals surface area (Å²) < 4.78 is 0. The van der Waals surface area contributed by atoms with Crippen LogP contribution < -0.4 is 5.32 Å². The number of ketones is 1. The normalized spacial score (nSPS) is 13.0. The van der Waals surface area contributed by atoms with Crippen LogP contribution in [-0.4, -0.2) is 17.6 Å². The molecule has 0 fully saturated rings. The molecule has 5 rings (SSSR count). The van der Waals surface area contributed by atoms with Gasteiger partial charge in [-0.1, -0.05) is 66.7 Å². The van der Waals surface area contributed by atoms with Crippen molar-refractivity contribution < 1.29 is 14.4 Å². The number of fused-ring (bicyclic) bond motifs is 2. The molecule has 128 valence electrons. The summed E-state index contributed by atoms with van der Waals surface area (Å²) in [7, 11) is 0. The van der Waals surface area contributed by atoms with Gasteiger partial charge in [0.15, 0.2) is 5.78 Å². The molecule has 1 aliphatic rings. The fourth-order valence-electron chi connectivity index (χ4n) is 3.86. The van der Waals surface area contributed by atoms with Gasteiger partial charge < -0.3 is 0 Å². The van der Waals surface area contributed by atoms with Crippen molar-refractivity contribution in [1.29, 1.82) is 0 Å². The minimum atomic E-state index is -0.534. The van der Waals surface area contributed by atoms with Gasteiger partial charge in [-0.15, -0.1) is 0 Å². The van der Waals surface area contributed by atoms with E-state index in [0.29, 0.717) is 27.5 Å². The number of amides is 2. The van der Waals surface area contributed by atoms with Crippen LogP contribution in [0, 0.1) is 0 Å². The van der Waals surface area contributed by atoms with Crippen molar-refractivity contribution in [1.82, 2.24) is 5.32 Å². The first kappa shape index (κ1) is 15.5. The molecule has 0 unspecified atom stereocenters. The fourth-order valence-corrected chi connectivity index (χ4v) is 3.86.